The second-order valence-electron chi connectivity index (χ2n) is 9.36. The van der Waals surface area contributed by atoms with Gasteiger partial charge in [0.1, 0.15) is 0 Å². The molecule has 0 atom stereocenters. The highest BCUT2D eigenvalue weighted by Gasteiger charge is 2.24. The second kappa shape index (κ2) is 8.95. The van der Waals surface area contributed by atoms with Crippen LogP contribution in [-0.4, -0.2) is 57.6 Å². The summed E-state index contributed by atoms with van der Waals surface area (Å²) >= 11 is 0. The zero-order valence-corrected chi connectivity index (χ0v) is 19.5. The Morgan fingerprint density at radius 2 is 1.59 bits per heavy atom. The molecule has 2 aromatic carbocycles. The fourth-order valence-corrected chi connectivity index (χ4v) is 4.41. The normalized spacial score (nSPS) is 16.7. The third-order valence-corrected chi connectivity index (χ3v) is 6.64. The molecular weight excluding hydrogens is 424 g/mol. The first-order valence-electron chi connectivity index (χ1n) is 12.1. The molecule has 0 radical (unpaired) electrons. The Kier molecular flexibility index (Phi) is 5.50. The van der Waals surface area contributed by atoms with Crippen LogP contribution in [0.1, 0.15) is 12.8 Å². The number of fused-ring (bicyclic) bond motifs is 1. The van der Waals surface area contributed by atoms with Gasteiger partial charge >= 0.3 is 0 Å². The zero-order valence-electron chi connectivity index (χ0n) is 19.5. The van der Waals surface area contributed by atoms with Crippen molar-refractivity contribution in [2.24, 2.45) is 5.92 Å². The van der Waals surface area contributed by atoms with E-state index in [0.717, 1.165) is 61.2 Å². The lowest BCUT2D eigenvalue weighted by Gasteiger charge is -2.34. The second-order valence-corrected chi connectivity index (χ2v) is 9.36. The molecule has 1 aliphatic heterocycles. The van der Waals surface area contributed by atoms with E-state index < -0.39 is 0 Å². The van der Waals surface area contributed by atoms with Crippen molar-refractivity contribution in [2.45, 2.75) is 19.4 Å². The number of aromatic nitrogens is 4. The van der Waals surface area contributed by atoms with Gasteiger partial charge in [0, 0.05) is 49.8 Å². The Morgan fingerprint density at radius 3 is 2.32 bits per heavy atom. The maximum absolute atomic E-state index is 4.86. The maximum Gasteiger partial charge on any atom is 0.231 e. The number of nitrogens with zero attached hydrogens (tertiary/aromatic N) is 6. The molecular formula is C26H30N8. The van der Waals surface area contributed by atoms with Gasteiger partial charge in [-0.25, -0.2) is 4.98 Å². The van der Waals surface area contributed by atoms with Crippen molar-refractivity contribution in [1.29, 1.82) is 0 Å². The molecule has 6 rings (SSSR count). The molecule has 8 nitrogen and oxygen atoms in total. The van der Waals surface area contributed by atoms with Crippen LogP contribution in [0.5, 0.6) is 0 Å². The summed E-state index contributed by atoms with van der Waals surface area (Å²) in [5.41, 5.74) is 4.85. The number of anilines is 5. The fraction of sp³-hybridized carbons (Fsp3) is 0.346. The number of nitrogens with one attached hydrogen (secondary N) is 2. The van der Waals surface area contributed by atoms with E-state index in [1.807, 2.05) is 36.7 Å². The summed E-state index contributed by atoms with van der Waals surface area (Å²) in [6, 6.07) is 18.6. The van der Waals surface area contributed by atoms with E-state index in [1.54, 1.807) is 0 Å². The Morgan fingerprint density at radius 1 is 0.853 bits per heavy atom. The van der Waals surface area contributed by atoms with Gasteiger partial charge in [0.2, 0.25) is 5.95 Å². The quantitative estimate of drug-likeness (QED) is 0.427. The van der Waals surface area contributed by atoms with Gasteiger partial charge in [-0.15, -0.1) is 0 Å². The monoisotopic (exact) mass is 454 g/mol. The summed E-state index contributed by atoms with van der Waals surface area (Å²) in [5.74, 6) is 2.01. The Hall–Kier alpha value is -3.65. The summed E-state index contributed by atoms with van der Waals surface area (Å²) in [5, 5.41) is 6.85. The van der Waals surface area contributed by atoms with Crippen molar-refractivity contribution in [3.63, 3.8) is 0 Å². The molecule has 2 fully saturated rings. The van der Waals surface area contributed by atoms with Crippen LogP contribution in [0, 0.1) is 5.92 Å². The summed E-state index contributed by atoms with van der Waals surface area (Å²) in [4.78, 5) is 19.1. The van der Waals surface area contributed by atoms with Crippen molar-refractivity contribution in [3.05, 3.63) is 60.9 Å². The van der Waals surface area contributed by atoms with Crippen LogP contribution in [0.4, 0.5) is 28.8 Å². The average molecular weight is 455 g/mol. The van der Waals surface area contributed by atoms with E-state index in [0.29, 0.717) is 11.8 Å². The molecule has 8 heteroatoms. The third-order valence-electron chi connectivity index (χ3n) is 6.64. The first kappa shape index (κ1) is 20.9. The molecule has 2 aromatic heterocycles. The Balaban J connectivity index is 1.28. The molecule has 174 valence electrons. The number of para-hydroxylation sites is 1. The van der Waals surface area contributed by atoms with Gasteiger partial charge in [0.25, 0.3) is 0 Å². The van der Waals surface area contributed by atoms with Gasteiger partial charge in [0.05, 0.1) is 6.33 Å². The molecule has 1 aliphatic carbocycles. The fourth-order valence-electron chi connectivity index (χ4n) is 4.41. The molecule has 0 amide bonds. The molecule has 0 bridgehead atoms. The van der Waals surface area contributed by atoms with Gasteiger partial charge in [-0.05, 0) is 62.2 Å². The largest absolute Gasteiger partial charge is 0.369 e. The van der Waals surface area contributed by atoms with Gasteiger partial charge in [-0.1, -0.05) is 18.2 Å². The van der Waals surface area contributed by atoms with Crippen LogP contribution in [-0.2, 0) is 6.54 Å². The molecule has 3 heterocycles. The van der Waals surface area contributed by atoms with Crippen LogP contribution in [0.25, 0.3) is 11.2 Å². The van der Waals surface area contributed by atoms with E-state index in [2.05, 4.69) is 61.3 Å². The van der Waals surface area contributed by atoms with E-state index >= 15 is 0 Å². The molecule has 1 saturated heterocycles. The summed E-state index contributed by atoms with van der Waals surface area (Å²) in [7, 11) is 2.18. The predicted molar refractivity (Wildman–Crippen MR) is 137 cm³/mol. The predicted octanol–water partition coefficient (Wildman–Crippen LogP) is 4.48. The minimum atomic E-state index is 0.566. The molecule has 0 spiro atoms. The summed E-state index contributed by atoms with van der Waals surface area (Å²) in [6.45, 7) is 5.27. The third kappa shape index (κ3) is 4.54. The van der Waals surface area contributed by atoms with E-state index in [9.17, 15) is 0 Å². The van der Waals surface area contributed by atoms with Crippen molar-refractivity contribution in [3.8, 4) is 0 Å². The lowest BCUT2D eigenvalue weighted by molar-refractivity contribution is 0.313. The maximum atomic E-state index is 4.86. The highest BCUT2D eigenvalue weighted by molar-refractivity contribution is 5.87. The number of imidazole rings is 1. The average Bonchev–Trinajstić information content (AvgIpc) is 3.59. The number of likely N-dealkylation sites (N-methyl/N-ethyl adjacent to an activating group) is 1. The highest BCUT2D eigenvalue weighted by Crippen LogP contribution is 2.33. The number of hydrogen-bond acceptors (Lipinski definition) is 7. The number of rotatable bonds is 7. The van der Waals surface area contributed by atoms with Crippen LogP contribution >= 0.6 is 0 Å². The Bertz CT molecular complexity index is 1260. The Labute approximate surface area is 199 Å². The number of piperazine rings is 1. The zero-order chi connectivity index (χ0) is 22.9. The van der Waals surface area contributed by atoms with E-state index in [4.69, 9.17) is 9.97 Å². The van der Waals surface area contributed by atoms with Crippen molar-refractivity contribution >= 4 is 40.0 Å². The van der Waals surface area contributed by atoms with E-state index in [1.165, 1.54) is 18.5 Å². The topological polar surface area (TPSA) is 74.1 Å². The first-order chi connectivity index (χ1) is 16.7. The molecule has 34 heavy (non-hydrogen) atoms. The minimum absolute atomic E-state index is 0.566. The molecule has 1 saturated carbocycles. The minimum Gasteiger partial charge on any atom is -0.369 e. The smallest absolute Gasteiger partial charge is 0.231 e. The van der Waals surface area contributed by atoms with Crippen molar-refractivity contribution in [2.75, 3.05) is 48.8 Å². The van der Waals surface area contributed by atoms with Crippen molar-refractivity contribution < 1.29 is 0 Å². The molecule has 4 aromatic rings. The van der Waals surface area contributed by atoms with Gasteiger partial charge in [-0.3, -0.25) is 0 Å². The molecule has 2 N–H and O–H groups in total. The lowest BCUT2D eigenvalue weighted by Crippen LogP contribution is -2.44. The summed E-state index contributed by atoms with van der Waals surface area (Å²) in [6.07, 6.45) is 4.46. The number of hydrogen-bond donors (Lipinski definition) is 2. The molecule has 0 unspecified atom stereocenters. The van der Waals surface area contributed by atoms with E-state index in [-0.39, 0.29) is 0 Å². The van der Waals surface area contributed by atoms with Crippen LogP contribution < -0.4 is 15.5 Å². The van der Waals surface area contributed by atoms with Crippen LogP contribution in [0.3, 0.4) is 0 Å². The SMILES string of the molecule is CN1CCN(c2ccc(Nc3nc(Nc4ccccc4)c4ncn(CC5CC5)c4n3)cc2)CC1. The standard InChI is InChI=1S/C26H30N8/c1-32-13-15-33(16-14-32)22-11-9-21(10-12-22)29-26-30-24(28-20-5-3-2-4-6-20)23-25(31-26)34(18-27-23)17-19-7-8-19/h2-6,9-12,18-19H,7-8,13-17H2,1H3,(H2,28,29,30,31). The molecule has 2 aliphatic rings. The van der Waals surface area contributed by atoms with Gasteiger partial charge in [-0.2, -0.15) is 9.97 Å². The van der Waals surface area contributed by atoms with Crippen LogP contribution in [0.15, 0.2) is 60.9 Å². The van der Waals surface area contributed by atoms with Crippen LogP contribution in [0.2, 0.25) is 0 Å². The highest BCUT2D eigenvalue weighted by atomic mass is 15.2. The number of benzene rings is 2. The summed E-state index contributed by atoms with van der Waals surface area (Å²) < 4.78 is 2.16. The first-order valence-corrected chi connectivity index (χ1v) is 12.1. The van der Waals surface area contributed by atoms with Gasteiger partial charge < -0.3 is 25.0 Å². The van der Waals surface area contributed by atoms with Crippen molar-refractivity contribution in [1.82, 2.24) is 24.4 Å². The lowest BCUT2D eigenvalue weighted by atomic mass is 10.2. The van der Waals surface area contributed by atoms with Gasteiger partial charge in [0.15, 0.2) is 17.0 Å².